The Morgan fingerprint density at radius 3 is 2.64 bits per heavy atom. The minimum atomic E-state index is -1.27. The molecule has 0 bridgehead atoms. The molecule has 0 amide bonds. The summed E-state index contributed by atoms with van der Waals surface area (Å²) < 4.78 is 5.13. The van der Waals surface area contributed by atoms with Gasteiger partial charge in [0, 0.05) is 0 Å². The summed E-state index contributed by atoms with van der Waals surface area (Å²) in [5.41, 5.74) is -1.27. The molecule has 0 aliphatic rings. The molecule has 0 aliphatic heterocycles. The maximum absolute atomic E-state index is 12.3. The first kappa shape index (κ1) is 22.1. The Balaban J connectivity index is 4.30. The second-order valence-electron chi connectivity index (χ2n) is 5.69. The van der Waals surface area contributed by atoms with Gasteiger partial charge in [-0.05, 0) is 18.8 Å². The van der Waals surface area contributed by atoms with Crippen LogP contribution in [0.25, 0.3) is 0 Å². The van der Waals surface area contributed by atoms with Crippen LogP contribution in [-0.4, -0.2) is 38.3 Å². The van der Waals surface area contributed by atoms with Crippen molar-refractivity contribution in [1.82, 2.24) is 10.1 Å². The standard InChI is InChI=1S/C14H31B2N2O3P/c1-4-7-8-9-12(5-2)10-14(20,6-3)13(19)11-21-16-17-15-18-22/h12,17-18,20H,4-11,22H2,1-3H3. The van der Waals surface area contributed by atoms with E-state index in [9.17, 15) is 9.90 Å². The third kappa shape index (κ3) is 9.26. The number of aliphatic hydroxyl groups is 1. The number of nitrogens with one attached hydrogen (secondary N) is 2. The van der Waals surface area contributed by atoms with Crippen molar-refractivity contribution in [2.45, 2.75) is 71.3 Å². The number of unbranched alkanes of at least 4 members (excludes halogenated alkanes) is 2. The Bertz CT molecular complexity index is 301. The fourth-order valence-electron chi connectivity index (χ4n) is 2.45. The maximum atomic E-state index is 12.3. The Kier molecular flexibility index (Phi) is 13.5. The summed E-state index contributed by atoms with van der Waals surface area (Å²) >= 11 is 0. The van der Waals surface area contributed by atoms with Gasteiger partial charge in [-0.2, -0.15) is 0 Å². The largest absolute Gasteiger partial charge is 0.417 e. The van der Waals surface area contributed by atoms with E-state index in [1.807, 2.05) is 6.92 Å². The second kappa shape index (κ2) is 13.5. The number of rotatable bonds is 15. The number of carbonyl (C=O) groups is 1. The van der Waals surface area contributed by atoms with Gasteiger partial charge in [-0.25, -0.2) is 0 Å². The highest BCUT2D eigenvalue weighted by Gasteiger charge is 2.35. The summed E-state index contributed by atoms with van der Waals surface area (Å²) in [6.45, 7) is 6.04. The van der Waals surface area contributed by atoms with E-state index in [1.165, 1.54) is 20.5 Å². The molecule has 0 spiro atoms. The summed E-state index contributed by atoms with van der Waals surface area (Å²) in [6.07, 6.45) is 6.57. The predicted molar refractivity (Wildman–Crippen MR) is 96.2 cm³/mol. The molecule has 8 heteroatoms. The smallest absolute Gasteiger partial charge is 0.384 e. The van der Waals surface area contributed by atoms with Crippen molar-refractivity contribution in [3.8, 4) is 0 Å². The molecule has 126 valence electrons. The molecule has 22 heavy (non-hydrogen) atoms. The van der Waals surface area contributed by atoms with Gasteiger partial charge in [0.1, 0.15) is 5.60 Å². The van der Waals surface area contributed by atoms with Crippen LogP contribution in [0.1, 0.15) is 65.7 Å². The molecule has 3 atom stereocenters. The van der Waals surface area contributed by atoms with Crippen LogP contribution >= 0.6 is 9.39 Å². The molecule has 0 saturated heterocycles. The molecule has 0 fully saturated rings. The molecule has 0 aromatic carbocycles. The van der Waals surface area contributed by atoms with E-state index in [1.54, 1.807) is 7.55 Å². The van der Waals surface area contributed by atoms with Crippen LogP contribution in [0, 0.1) is 5.92 Å². The summed E-state index contributed by atoms with van der Waals surface area (Å²) in [7, 11) is 5.17. The number of hydrogen-bond acceptors (Lipinski definition) is 5. The van der Waals surface area contributed by atoms with Crippen LogP contribution in [-0.2, 0) is 9.45 Å². The van der Waals surface area contributed by atoms with Crippen molar-refractivity contribution >= 4 is 30.3 Å². The van der Waals surface area contributed by atoms with Crippen LogP contribution in [0.4, 0.5) is 0 Å². The van der Waals surface area contributed by atoms with Crippen molar-refractivity contribution in [2.75, 3.05) is 6.61 Å². The fraction of sp³-hybridized carbons (Fsp3) is 0.929. The number of carbonyl (C=O) groups excluding carboxylic acids is 1. The number of ketones is 1. The van der Waals surface area contributed by atoms with Gasteiger partial charge in [-0.3, -0.25) is 4.79 Å². The molecule has 2 radical (unpaired) electrons. The zero-order chi connectivity index (χ0) is 16.8. The molecule has 5 nitrogen and oxygen atoms in total. The first-order valence-electron chi connectivity index (χ1n) is 8.26. The quantitative estimate of drug-likeness (QED) is 0.243. The van der Waals surface area contributed by atoms with E-state index in [2.05, 4.69) is 33.4 Å². The van der Waals surface area contributed by atoms with E-state index in [4.69, 9.17) is 4.65 Å². The summed E-state index contributed by atoms with van der Waals surface area (Å²) in [5.74, 6) is 0.137. The second-order valence-corrected chi connectivity index (χ2v) is 6.02. The normalized spacial score (nSPS) is 15.1. The van der Waals surface area contributed by atoms with Crippen molar-refractivity contribution in [3.05, 3.63) is 0 Å². The van der Waals surface area contributed by atoms with Crippen LogP contribution in [0.2, 0.25) is 0 Å². The Morgan fingerprint density at radius 2 is 2.09 bits per heavy atom. The molecule has 0 aliphatic carbocycles. The molecule has 0 saturated carbocycles. The first-order valence-corrected chi connectivity index (χ1v) is 8.84. The molecule has 0 aromatic heterocycles. The van der Waals surface area contributed by atoms with Crippen molar-refractivity contribution in [3.63, 3.8) is 0 Å². The van der Waals surface area contributed by atoms with Crippen LogP contribution in [0.5, 0.6) is 0 Å². The Labute approximate surface area is 139 Å². The average molecular weight is 328 g/mol. The van der Waals surface area contributed by atoms with Gasteiger partial charge in [0.15, 0.2) is 5.78 Å². The minimum Gasteiger partial charge on any atom is -0.417 e. The molecule has 3 unspecified atom stereocenters. The highest BCUT2D eigenvalue weighted by Crippen LogP contribution is 2.27. The number of Topliss-reactive ketones (excluding diaryl/α,β-unsaturated/α-hetero) is 1. The maximum Gasteiger partial charge on any atom is 0.384 e. The highest BCUT2D eigenvalue weighted by atomic mass is 31.0. The molecular formula is C14H31B2N2O3P. The lowest BCUT2D eigenvalue weighted by atomic mass is 9.81. The van der Waals surface area contributed by atoms with Gasteiger partial charge in [0.05, 0.1) is 6.61 Å². The van der Waals surface area contributed by atoms with Gasteiger partial charge in [0.2, 0.25) is 0 Å². The highest BCUT2D eigenvalue weighted by molar-refractivity contribution is 7.16. The minimum absolute atomic E-state index is 0.118. The monoisotopic (exact) mass is 328 g/mol. The van der Waals surface area contributed by atoms with E-state index in [0.717, 1.165) is 19.3 Å². The van der Waals surface area contributed by atoms with Gasteiger partial charge < -0.3 is 19.9 Å². The lowest BCUT2D eigenvalue weighted by Gasteiger charge is -2.29. The van der Waals surface area contributed by atoms with Crippen LogP contribution in [0.15, 0.2) is 0 Å². The van der Waals surface area contributed by atoms with E-state index < -0.39 is 5.60 Å². The van der Waals surface area contributed by atoms with E-state index in [-0.39, 0.29) is 12.4 Å². The van der Waals surface area contributed by atoms with Crippen LogP contribution < -0.4 is 10.1 Å². The molecule has 0 aromatic rings. The Hall–Kier alpha value is 0.0699. The van der Waals surface area contributed by atoms with Crippen molar-refractivity contribution < 1.29 is 14.6 Å². The van der Waals surface area contributed by atoms with E-state index >= 15 is 0 Å². The van der Waals surface area contributed by atoms with E-state index in [0.29, 0.717) is 18.8 Å². The third-order valence-electron chi connectivity index (χ3n) is 4.06. The summed E-state index contributed by atoms with van der Waals surface area (Å²) in [6, 6.07) is 0. The average Bonchev–Trinajstić information content (AvgIpc) is 2.53. The Morgan fingerprint density at radius 1 is 1.36 bits per heavy atom. The van der Waals surface area contributed by atoms with Crippen molar-refractivity contribution in [1.29, 1.82) is 0 Å². The zero-order valence-corrected chi connectivity index (χ0v) is 15.4. The third-order valence-corrected chi connectivity index (χ3v) is 4.22. The zero-order valence-electron chi connectivity index (χ0n) is 14.2. The van der Waals surface area contributed by atoms with Crippen LogP contribution in [0.3, 0.4) is 0 Å². The fourth-order valence-corrected chi connectivity index (χ4v) is 2.54. The molecule has 3 N–H and O–H groups in total. The van der Waals surface area contributed by atoms with Gasteiger partial charge in [-0.15, -0.1) is 0 Å². The van der Waals surface area contributed by atoms with Gasteiger partial charge in [-0.1, -0.05) is 62.3 Å². The summed E-state index contributed by atoms with van der Waals surface area (Å²) in [4.78, 5) is 14.9. The summed E-state index contributed by atoms with van der Waals surface area (Å²) in [5, 5.41) is 13.4. The SMILES string of the molecule is CCCCCC(CC)CC(O)(CC)C(=O)CO[B]N[B]NP. The molecule has 0 heterocycles. The van der Waals surface area contributed by atoms with Crippen molar-refractivity contribution in [2.24, 2.45) is 5.92 Å². The number of hydrogen-bond donors (Lipinski definition) is 3. The lowest BCUT2D eigenvalue weighted by Crippen LogP contribution is -2.43. The predicted octanol–water partition coefficient (Wildman–Crippen LogP) is 1.75. The molecule has 0 rings (SSSR count). The lowest BCUT2D eigenvalue weighted by molar-refractivity contribution is -0.142. The molecular weight excluding hydrogens is 297 g/mol. The first-order chi connectivity index (χ1) is 10.5. The van der Waals surface area contributed by atoms with Gasteiger partial charge >= 0.3 is 7.62 Å². The topological polar surface area (TPSA) is 70.6 Å². The van der Waals surface area contributed by atoms with Gasteiger partial charge in [0.25, 0.3) is 7.55 Å².